The first-order chi connectivity index (χ1) is 6.68. The molecule has 0 rings (SSSR count). The predicted octanol–water partition coefficient (Wildman–Crippen LogP) is 2.46. The van der Waals surface area contributed by atoms with Crippen LogP contribution in [0.5, 0.6) is 0 Å². The molecule has 0 N–H and O–H groups in total. The molecule has 0 spiro atoms. The van der Waals surface area contributed by atoms with Gasteiger partial charge in [-0.15, -0.1) is 18.3 Å². The van der Waals surface area contributed by atoms with E-state index in [0.717, 1.165) is 6.42 Å². The van der Waals surface area contributed by atoms with E-state index in [1.807, 2.05) is 13.8 Å². The van der Waals surface area contributed by atoms with Crippen molar-refractivity contribution in [1.82, 2.24) is 0 Å². The Kier molecular flexibility index (Phi) is 5.88. The summed E-state index contributed by atoms with van der Waals surface area (Å²) in [5.41, 5.74) is -0.411. The van der Waals surface area contributed by atoms with Crippen molar-refractivity contribution in [2.45, 2.75) is 33.6 Å². The number of hydrogen-bond acceptors (Lipinski definition) is 0. The molecule has 0 nitrogen and oxygen atoms in total. The van der Waals surface area contributed by atoms with Crippen LogP contribution in [0.1, 0.15) is 33.6 Å². The normalized spacial score (nSPS) is 11.3. The van der Waals surface area contributed by atoms with Crippen LogP contribution < -0.4 is 0 Å². The highest BCUT2D eigenvalue weighted by molar-refractivity contribution is 5.34. The summed E-state index contributed by atoms with van der Waals surface area (Å²) in [6, 6.07) is 0. The first-order valence-electron chi connectivity index (χ1n) is 4.56. The Morgan fingerprint density at radius 3 is 2.43 bits per heavy atom. The van der Waals surface area contributed by atoms with Crippen molar-refractivity contribution in [2.24, 2.45) is 5.41 Å². The van der Waals surface area contributed by atoms with Crippen LogP contribution in [0.2, 0.25) is 0 Å². The molecule has 0 saturated carbocycles. The quantitative estimate of drug-likeness (QED) is 0.546. The first-order valence-corrected chi connectivity index (χ1v) is 4.56. The topological polar surface area (TPSA) is 0 Å². The average Bonchev–Trinajstić information content (AvgIpc) is 2.13. The zero-order valence-electron chi connectivity index (χ0n) is 8.99. The van der Waals surface area contributed by atoms with Gasteiger partial charge in [0.2, 0.25) is 0 Å². The van der Waals surface area contributed by atoms with Gasteiger partial charge in [-0.05, 0) is 25.7 Å². The van der Waals surface area contributed by atoms with E-state index < -0.39 is 5.41 Å². The van der Waals surface area contributed by atoms with E-state index >= 15 is 0 Å². The molecule has 0 amide bonds. The minimum absolute atomic E-state index is 0.411. The Bertz CT molecular complexity index is 387. The van der Waals surface area contributed by atoms with Gasteiger partial charge in [-0.25, -0.2) is 0 Å². The molecule has 0 aromatic heterocycles. The van der Waals surface area contributed by atoms with E-state index in [0.29, 0.717) is 6.42 Å². The van der Waals surface area contributed by atoms with Crippen LogP contribution in [0.4, 0.5) is 0 Å². The second-order valence-corrected chi connectivity index (χ2v) is 2.99. The summed E-state index contributed by atoms with van der Waals surface area (Å²) in [6.45, 7) is 5.71. The highest BCUT2D eigenvalue weighted by atomic mass is 14.1. The van der Waals surface area contributed by atoms with Gasteiger partial charge in [0.25, 0.3) is 0 Å². The van der Waals surface area contributed by atoms with Gasteiger partial charge in [0, 0.05) is 12.8 Å². The van der Waals surface area contributed by atoms with Gasteiger partial charge in [-0.1, -0.05) is 24.7 Å². The lowest BCUT2D eigenvalue weighted by atomic mass is 9.88. The van der Waals surface area contributed by atoms with Crippen molar-refractivity contribution < 1.29 is 0 Å². The minimum Gasteiger partial charge on any atom is -0.120 e. The average molecular weight is 182 g/mol. The Morgan fingerprint density at radius 1 is 1.21 bits per heavy atom. The highest BCUT2D eigenvalue weighted by Crippen LogP contribution is 2.17. The van der Waals surface area contributed by atoms with E-state index in [2.05, 4.69) is 41.4 Å². The second-order valence-electron chi connectivity index (χ2n) is 2.99. The van der Waals surface area contributed by atoms with Crippen LogP contribution in [0, 0.1) is 53.3 Å². The zero-order chi connectivity index (χ0) is 10.9. The lowest BCUT2D eigenvalue weighted by Crippen LogP contribution is -2.09. The standard InChI is InChI=1S/C14H14/c1-5-8-9-10-13-14(4,11-6-2)12-7-3/h2H,5,11H2,1,3-4H3. The summed E-state index contributed by atoms with van der Waals surface area (Å²) in [6.07, 6.45) is 6.61. The maximum absolute atomic E-state index is 5.25. The van der Waals surface area contributed by atoms with E-state index in [1.165, 1.54) is 0 Å². The van der Waals surface area contributed by atoms with Gasteiger partial charge in [0.05, 0.1) is 0 Å². The predicted molar refractivity (Wildman–Crippen MR) is 60.9 cm³/mol. The maximum Gasteiger partial charge on any atom is 0.101 e. The van der Waals surface area contributed by atoms with Gasteiger partial charge in [0.15, 0.2) is 0 Å². The van der Waals surface area contributed by atoms with Crippen LogP contribution >= 0.6 is 0 Å². The largest absolute Gasteiger partial charge is 0.120 e. The number of rotatable bonds is 1. The molecule has 0 aliphatic rings. The first kappa shape index (κ1) is 12.2. The fourth-order valence-corrected chi connectivity index (χ4v) is 0.901. The van der Waals surface area contributed by atoms with Crippen molar-refractivity contribution in [3.8, 4) is 47.9 Å². The van der Waals surface area contributed by atoms with Gasteiger partial charge in [-0.2, -0.15) is 0 Å². The van der Waals surface area contributed by atoms with Crippen LogP contribution in [0.25, 0.3) is 0 Å². The van der Waals surface area contributed by atoms with Crippen LogP contribution in [-0.4, -0.2) is 0 Å². The van der Waals surface area contributed by atoms with Crippen molar-refractivity contribution >= 4 is 0 Å². The minimum atomic E-state index is -0.411. The fourth-order valence-electron chi connectivity index (χ4n) is 0.901. The molecule has 0 aliphatic heterocycles. The molecule has 0 saturated heterocycles. The molecule has 0 aromatic carbocycles. The van der Waals surface area contributed by atoms with Gasteiger partial charge in [-0.3, -0.25) is 0 Å². The summed E-state index contributed by atoms with van der Waals surface area (Å²) in [5, 5.41) is 0. The molecule has 0 bridgehead atoms. The number of hydrogen-bond donors (Lipinski definition) is 0. The third-order valence-corrected chi connectivity index (χ3v) is 1.52. The molecule has 1 atom stereocenters. The molecule has 0 aliphatic carbocycles. The molecular formula is C14H14. The second kappa shape index (κ2) is 6.72. The Labute approximate surface area is 87.5 Å². The number of terminal acetylenes is 1. The van der Waals surface area contributed by atoms with E-state index in [9.17, 15) is 0 Å². The summed E-state index contributed by atoms with van der Waals surface area (Å²) in [5.74, 6) is 19.8. The van der Waals surface area contributed by atoms with Crippen LogP contribution in [0.3, 0.4) is 0 Å². The monoisotopic (exact) mass is 182 g/mol. The molecule has 0 heterocycles. The van der Waals surface area contributed by atoms with E-state index in [-0.39, 0.29) is 0 Å². The van der Waals surface area contributed by atoms with Crippen molar-refractivity contribution in [3.63, 3.8) is 0 Å². The van der Waals surface area contributed by atoms with Crippen molar-refractivity contribution in [3.05, 3.63) is 0 Å². The zero-order valence-corrected chi connectivity index (χ0v) is 8.99. The van der Waals surface area contributed by atoms with Gasteiger partial charge < -0.3 is 0 Å². The van der Waals surface area contributed by atoms with E-state index in [1.54, 1.807) is 6.92 Å². The summed E-state index contributed by atoms with van der Waals surface area (Å²) < 4.78 is 0. The smallest absolute Gasteiger partial charge is 0.101 e. The molecule has 0 radical (unpaired) electrons. The lowest BCUT2D eigenvalue weighted by Gasteiger charge is -2.11. The summed E-state index contributed by atoms with van der Waals surface area (Å²) in [4.78, 5) is 0. The highest BCUT2D eigenvalue weighted by Gasteiger charge is 2.16. The van der Waals surface area contributed by atoms with Crippen molar-refractivity contribution in [1.29, 1.82) is 0 Å². The molecule has 1 unspecified atom stereocenters. The third-order valence-electron chi connectivity index (χ3n) is 1.52. The summed E-state index contributed by atoms with van der Waals surface area (Å²) in [7, 11) is 0. The lowest BCUT2D eigenvalue weighted by molar-refractivity contribution is 0.626. The fraction of sp³-hybridized carbons (Fsp3) is 0.429. The summed E-state index contributed by atoms with van der Waals surface area (Å²) >= 11 is 0. The molecular weight excluding hydrogens is 168 g/mol. The van der Waals surface area contributed by atoms with Gasteiger partial charge in [0.1, 0.15) is 5.41 Å². The molecule has 0 fully saturated rings. The van der Waals surface area contributed by atoms with Crippen LogP contribution in [-0.2, 0) is 0 Å². The van der Waals surface area contributed by atoms with E-state index in [4.69, 9.17) is 6.42 Å². The molecule has 0 heteroatoms. The maximum atomic E-state index is 5.25. The Balaban J connectivity index is 4.72. The SMILES string of the molecule is C#CCC(C)(C#CC)C#CC#CCC. The van der Waals surface area contributed by atoms with Crippen LogP contribution in [0.15, 0.2) is 0 Å². The van der Waals surface area contributed by atoms with Crippen molar-refractivity contribution in [2.75, 3.05) is 0 Å². The molecule has 70 valence electrons. The van der Waals surface area contributed by atoms with Gasteiger partial charge >= 0.3 is 0 Å². The Morgan fingerprint density at radius 2 is 1.93 bits per heavy atom. The molecule has 0 aromatic rings. The molecule has 14 heavy (non-hydrogen) atoms. The Hall–Kier alpha value is -1.76. The third kappa shape index (κ3) is 4.99.